The lowest BCUT2D eigenvalue weighted by Crippen LogP contribution is -2.31. The van der Waals surface area contributed by atoms with Crippen LogP contribution >= 0.6 is 11.8 Å². The van der Waals surface area contributed by atoms with Crippen molar-refractivity contribution < 1.29 is 0 Å². The number of hydrogen-bond donors (Lipinski definition) is 0. The van der Waals surface area contributed by atoms with Gasteiger partial charge in [0, 0.05) is 26.5 Å². The largest absolute Gasteiger partial charge is 0.208 e. The van der Waals surface area contributed by atoms with Gasteiger partial charge in [-0.2, -0.15) is 0 Å². The first-order chi connectivity index (χ1) is 26.7. The first-order valence-electron chi connectivity index (χ1n) is 18.3. The van der Waals surface area contributed by atoms with E-state index in [2.05, 4.69) is 170 Å². The molecule has 1 aliphatic heterocycles. The van der Waals surface area contributed by atoms with Crippen LogP contribution in [0.1, 0.15) is 22.3 Å². The maximum atomic E-state index is 5.10. The highest BCUT2D eigenvalue weighted by atomic mass is 32.2. The first-order valence-corrected chi connectivity index (χ1v) is 19.1. The third kappa shape index (κ3) is 4.74. The fourth-order valence-corrected chi connectivity index (χ4v) is 9.79. The molecule has 0 unspecified atom stereocenters. The summed E-state index contributed by atoms with van der Waals surface area (Å²) in [5.74, 6) is 1.95. The molecule has 1 aromatic heterocycles. The Hall–Kier alpha value is -6.62. The molecule has 0 atom stereocenters. The number of rotatable bonds is 4. The molecule has 3 nitrogen and oxygen atoms in total. The van der Waals surface area contributed by atoms with E-state index < -0.39 is 0 Å². The van der Waals surface area contributed by atoms with Gasteiger partial charge in [0.2, 0.25) is 0 Å². The van der Waals surface area contributed by atoms with Crippen LogP contribution in [0.5, 0.6) is 0 Å². The Morgan fingerprint density at radius 2 is 0.833 bits per heavy atom. The zero-order valence-electron chi connectivity index (χ0n) is 29.1. The lowest BCUT2D eigenvalue weighted by atomic mass is 9.67. The topological polar surface area (TPSA) is 38.7 Å². The molecule has 252 valence electrons. The van der Waals surface area contributed by atoms with E-state index in [4.69, 9.17) is 15.0 Å². The van der Waals surface area contributed by atoms with Crippen LogP contribution in [0, 0.1) is 0 Å². The summed E-state index contributed by atoms with van der Waals surface area (Å²) in [5.41, 5.74) is 12.7. The van der Waals surface area contributed by atoms with E-state index in [0.29, 0.717) is 17.5 Å². The van der Waals surface area contributed by atoms with Crippen LogP contribution in [0.3, 0.4) is 0 Å². The summed E-state index contributed by atoms with van der Waals surface area (Å²) in [6, 6.07) is 67.5. The van der Waals surface area contributed by atoms with Crippen LogP contribution in [0.4, 0.5) is 0 Å². The standard InChI is InChI=1S/C50H31N3S/c1-2-14-33(15-3-1)47-51-48(53-49(52-47)38-26-25-32-13-4-5-16-34(32)29-38)37-18-12-17-35(30-37)36-27-28-44-46(31-36)54-45-24-11-10-23-43(45)50(44)41-21-8-6-19-39(41)40-20-7-9-22-42(40)50/h1-31H. The van der Waals surface area contributed by atoms with Crippen LogP contribution < -0.4 is 0 Å². The van der Waals surface area contributed by atoms with Gasteiger partial charge in [-0.15, -0.1) is 0 Å². The molecule has 4 heteroatoms. The van der Waals surface area contributed by atoms with Gasteiger partial charge in [0.05, 0.1) is 5.41 Å². The second-order valence-electron chi connectivity index (χ2n) is 14.0. The molecule has 1 spiro atoms. The summed E-state index contributed by atoms with van der Waals surface area (Å²) in [5, 5.41) is 2.34. The van der Waals surface area contributed by atoms with E-state index in [-0.39, 0.29) is 5.41 Å². The van der Waals surface area contributed by atoms with Crippen molar-refractivity contribution in [1.82, 2.24) is 15.0 Å². The Labute approximate surface area is 318 Å². The van der Waals surface area contributed by atoms with Gasteiger partial charge >= 0.3 is 0 Å². The number of hydrogen-bond acceptors (Lipinski definition) is 4. The molecule has 2 aliphatic rings. The molecule has 0 bridgehead atoms. The van der Waals surface area contributed by atoms with Crippen molar-refractivity contribution in [3.63, 3.8) is 0 Å². The van der Waals surface area contributed by atoms with Gasteiger partial charge in [0.25, 0.3) is 0 Å². The quantitative estimate of drug-likeness (QED) is 0.183. The molecule has 1 aliphatic carbocycles. The highest BCUT2D eigenvalue weighted by Gasteiger charge is 2.50. The zero-order valence-corrected chi connectivity index (χ0v) is 30.0. The number of nitrogens with zero attached hydrogens (tertiary/aromatic N) is 3. The van der Waals surface area contributed by atoms with Gasteiger partial charge in [0.1, 0.15) is 0 Å². The third-order valence-corrected chi connectivity index (χ3v) is 12.1. The van der Waals surface area contributed by atoms with Gasteiger partial charge in [-0.25, -0.2) is 15.0 Å². The van der Waals surface area contributed by atoms with Crippen molar-refractivity contribution in [3.05, 3.63) is 210 Å². The lowest BCUT2D eigenvalue weighted by Gasteiger charge is -2.39. The molecule has 9 aromatic rings. The average molecular weight is 706 g/mol. The molecule has 0 fully saturated rings. The molecule has 11 rings (SSSR count). The van der Waals surface area contributed by atoms with Gasteiger partial charge in [-0.1, -0.05) is 176 Å². The summed E-state index contributed by atoms with van der Waals surface area (Å²) in [6.07, 6.45) is 0. The van der Waals surface area contributed by atoms with Crippen LogP contribution in [0.2, 0.25) is 0 Å². The SMILES string of the molecule is c1ccc(-c2nc(-c3cccc(-c4ccc5c(c4)Sc4ccccc4C54c5ccccc5-c5ccccc54)c3)nc(-c3ccc4ccccc4c3)n2)cc1. The Balaban J connectivity index is 1.05. The summed E-state index contributed by atoms with van der Waals surface area (Å²) < 4.78 is 0. The normalized spacial score (nSPS) is 13.3. The first kappa shape index (κ1) is 31.0. The van der Waals surface area contributed by atoms with Gasteiger partial charge < -0.3 is 0 Å². The molecular weight excluding hydrogens is 675 g/mol. The summed E-state index contributed by atoms with van der Waals surface area (Å²) in [4.78, 5) is 17.7. The number of benzene rings is 8. The minimum absolute atomic E-state index is 0.386. The van der Waals surface area contributed by atoms with Crippen molar-refractivity contribution in [2.45, 2.75) is 15.2 Å². The van der Waals surface area contributed by atoms with E-state index in [1.807, 2.05) is 30.0 Å². The number of fused-ring (bicyclic) bond motifs is 10. The number of aromatic nitrogens is 3. The van der Waals surface area contributed by atoms with E-state index in [1.54, 1.807) is 0 Å². The summed E-state index contributed by atoms with van der Waals surface area (Å²) in [6.45, 7) is 0. The predicted octanol–water partition coefficient (Wildman–Crippen LogP) is 12.5. The van der Waals surface area contributed by atoms with Gasteiger partial charge in [0.15, 0.2) is 17.5 Å². The molecule has 0 radical (unpaired) electrons. The van der Waals surface area contributed by atoms with E-state index in [0.717, 1.165) is 33.2 Å². The smallest absolute Gasteiger partial charge is 0.164 e. The Morgan fingerprint density at radius 1 is 0.315 bits per heavy atom. The summed E-state index contributed by atoms with van der Waals surface area (Å²) >= 11 is 1.87. The maximum Gasteiger partial charge on any atom is 0.164 e. The van der Waals surface area contributed by atoms with E-state index >= 15 is 0 Å². The summed E-state index contributed by atoms with van der Waals surface area (Å²) in [7, 11) is 0. The van der Waals surface area contributed by atoms with Crippen molar-refractivity contribution in [3.8, 4) is 56.4 Å². The second-order valence-corrected chi connectivity index (χ2v) is 15.0. The van der Waals surface area contributed by atoms with Gasteiger partial charge in [-0.05, 0) is 79.5 Å². The Kier molecular flexibility index (Phi) is 7.01. The Bertz CT molecular complexity index is 2890. The molecular formula is C50H31N3S. The van der Waals surface area contributed by atoms with Crippen molar-refractivity contribution in [2.24, 2.45) is 0 Å². The lowest BCUT2D eigenvalue weighted by molar-refractivity contribution is 0.722. The van der Waals surface area contributed by atoms with E-state index in [9.17, 15) is 0 Å². The Morgan fingerprint density at radius 3 is 1.59 bits per heavy atom. The monoisotopic (exact) mass is 705 g/mol. The van der Waals surface area contributed by atoms with Crippen LogP contribution in [-0.4, -0.2) is 15.0 Å². The fraction of sp³-hybridized carbons (Fsp3) is 0.0200. The zero-order chi connectivity index (χ0) is 35.6. The van der Waals surface area contributed by atoms with Crippen molar-refractivity contribution in [2.75, 3.05) is 0 Å². The molecule has 0 saturated heterocycles. The predicted molar refractivity (Wildman–Crippen MR) is 221 cm³/mol. The third-order valence-electron chi connectivity index (χ3n) is 11.0. The molecule has 8 aromatic carbocycles. The highest BCUT2D eigenvalue weighted by molar-refractivity contribution is 7.99. The highest BCUT2D eigenvalue weighted by Crippen LogP contribution is 2.62. The second kappa shape index (κ2) is 12.2. The van der Waals surface area contributed by atoms with E-state index in [1.165, 1.54) is 48.6 Å². The molecule has 54 heavy (non-hydrogen) atoms. The molecule has 0 saturated carbocycles. The maximum absolute atomic E-state index is 5.10. The van der Waals surface area contributed by atoms with Crippen LogP contribution in [0.25, 0.3) is 67.2 Å². The molecule has 0 amide bonds. The van der Waals surface area contributed by atoms with Gasteiger partial charge in [-0.3, -0.25) is 0 Å². The fourth-order valence-electron chi connectivity index (χ4n) is 8.56. The van der Waals surface area contributed by atoms with Crippen molar-refractivity contribution >= 4 is 22.5 Å². The van der Waals surface area contributed by atoms with Crippen molar-refractivity contribution in [1.29, 1.82) is 0 Å². The average Bonchev–Trinajstić information content (AvgIpc) is 3.54. The van der Waals surface area contributed by atoms with Crippen LogP contribution in [0.15, 0.2) is 198 Å². The van der Waals surface area contributed by atoms with Crippen LogP contribution in [-0.2, 0) is 5.41 Å². The minimum Gasteiger partial charge on any atom is -0.208 e. The minimum atomic E-state index is -0.386. The molecule has 2 heterocycles. The molecule has 0 N–H and O–H groups in total.